The number of hydrogen-bond donors (Lipinski definition) is 1. The first kappa shape index (κ1) is 16.4. The van der Waals surface area contributed by atoms with Gasteiger partial charge in [0.25, 0.3) is 0 Å². The lowest BCUT2D eigenvalue weighted by molar-refractivity contribution is -0.124. The number of nitrogens with zero attached hydrogens (tertiary/aromatic N) is 1. The van der Waals surface area contributed by atoms with Crippen LogP contribution in [0.15, 0.2) is 29.2 Å². The maximum Gasteiger partial charge on any atom is 0.240 e. The highest BCUT2D eigenvalue weighted by molar-refractivity contribution is 7.99. The van der Waals surface area contributed by atoms with E-state index in [4.69, 9.17) is 0 Å². The minimum Gasteiger partial charge on any atom is -0.352 e. The van der Waals surface area contributed by atoms with E-state index in [9.17, 15) is 9.59 Å². The SMILES string of the molecule is CC1CCC(NC(=O)CN2C(=O)CCSc3ccccc32)CC1. The monoisotopic (exact) mass is 332 g/mol. The molecule has 0 saturated heterocycles. The third-order valence-corrected chi connectivity index (χ3v) is 5.78. The highest BCUT2D eigenvalue weighted by atomic mass is 32.2. The standard InChI is InChI=1S/C18H24N2O2S/c1-13-6-8-14(9-7-13)19-17(21)12-20-15-4-2-3-5-16(15)23-11-10-18(20)22/h2-5,13-14H,6-12H2,1H3,(H,19,21). The fraction of sp³-hybridized carbons (Fsp3) is 0.556. The summed E-state index contributed by atoms with van der Waals surface area (Å²) < 4.78 is 0. The number of carbonyl (C=O) groups is 2. The van der Waals surface area contributed by atoms with Gasteiger partial charge in [0.15, 0.2) is 0 Å². The molecular weight excluding hydrogens is 308 g/mol. The first-order valence-corrected chi connectivity index (χ1v) is 9.43. The normalized spacial score (nSPS) is 24.7. The van der Waals surface area contributed by atoms with E-state index in [0.29, 0.717) is 6.42 Å². The van der Waals surface area contributed by atoms with Gasteiger partial charge < -0.3 is 10.2 Å². The van der Waals surface area contributed by atoms with Crippen LogP contribution in [0.1, 0.15) is 39.0 Å². The molecule has 1 aliphatic carbocycles. The van der Waals surface area contributed by atoms with Crippen molar-refractivity contribution in [3.05, 3.63) is 24.3 Å². The van der Waals surface area contributed by atoms with Crippen molar-refractivity contribution < 1.29 is 9.59 Å². The van der Waals surface area contributed by atoms with Crippen molar-refractivity contribution >= 4 is 29.3 Å². The van der Waals surface area contributed by atoms with E-state index in [-0.39, 0.29) is 24.4 Å². The molecule has 0 bridgehead atoms. The molecule has 5 heteroatoms. The Labute approximate surface area is 142 Å². The molecule has 2 aliphatic rings. The molecule has 23 heavy (non-hydrogen) atoms. The largest absolute Gasteiger partial charge is 0.352 e. The predicted octanol–water partition coefficient (Wildman–Crippen LogP) is 3.21. The van der Waals surface area contributed by atoms with E-state index >= 15 is 0 Å². The average Bonchev–Trinajstić information content (AvgIpc) is 2.70. The Morgan fingerprint density at radius 2 is 2.00 bits per heavy atom. The Morgan fingerprint density at radius 1 is 1.26 bits per heavy atom. The van der Waals surface area contributed by atoms with Crippen molar-refractivity contribution in [2.75, 3.05) is 17.2 Å². The lowest BCUT2D eigenvalue weighted by atomic mass is 9.87. The van der Waals surface area contributed by atoms with E-state index in [2.05, 4.69) is 12.2 Å². The fourth-order valence-electron chi connectivity index (χ4n) is 3.31. The third kappa shape index (κ3) is 4.08. The molecule has 124 valence electrons. The summed E-state index contributed by atoms with van der Waals surface area (Å²) in [6, 6.07) is 8.12. The average molecular weight is 332 g/mol. The molecule has 0 unspecified atom stereocenters. The van der Waals surface area contributed by atoms with Crippen LogP contribution in [0.25, 0.3) is 0 Å². The van der Waals surface area contributed by atoms with Gasteiger partial charge in [-0.2, -0.15) is 0 Å². The zero-order chi connectivity index (χ0) is 16.2. The summed E-state index contributed by atoms with van der Waals surface area (Å²) in [4.78, 5) is 27.5. The van der Waals surface area contributed by atoms with Crippen LogP contribution in [0.3, 0.4) is 0 Å². The van der Waals surface area contributed by atoms with Crippen molar-refractivity contribution in [3.63, 3.8) is 0 Å². The van der Waals surface area contributed by atoms with Crippen LogP contribution in [0.4, 0.5) is 5.69 Å². The number of fused-ring (bicyclic) bond motifs is 1. The van der Waals surface area contributed by atoms with Crippen LogP contribution in [-0.4, -0.2) is 30.2 Å². The maximum atomic E-state index is 12.4. The van der Waals surface area contributed by atoms with Gasteiger partial charge >= 0.3 is 0 Å². The summed E-state index contributed by atoms with van der Waals surface area (Å²) in [5.74, 6) is 1.53. The molecule has 1 N–H and O–H groups in total. The summed E-state index contributed by atoms with van der Waals surface area (Å²) in [6.07, 6.45) is 4.92. The number of nitrogens with one attached hydrogen (secondary N) is 1. The van der Waals surface area contributed by atoms with E-state index in [0.717, 1.165) is 35.1 Å². The number of anilines is 1. The molecule has 1 aliphatic heterocycles. The zero-order valence-corrected chi connectivity index (χ0v) is 14.4. The summed E-state index contributed by atoms with van der Waals surface area (Å²) in [5.41, 5.74) is 0.868. The smallest absolute Gasteiger partial charge is 0.240 e. The molecule has 0 spiro atoms. The van der Waals surface area contributed by atoms with Gasteiger partial charge in [-0.1, -0.05) is 19.1 Å². The zero-order valence-electron chi connectivity index (χ0n) is 13.6. The molecular formula is C18H24N2O2S. The molecule has 1 aromatic rings. The Balaban J connectivity index is 1.66. The lowest BCUT2D eigenvalue weighted by Gasteiger charge is -2.28. The maximum absolute atomic E-state index is 12.4. The molecule has 3 rings (SSSR count). The van der Waals surface area contributed by atoms with Crippen LogP contribution in [-0.2, 0) is 9.59 Å². The van der Waals surface area contributed by atoms with Crippen LogP contribution >= 0.6 is 11.8 Å². The topological polar surface area (TPSA) is 49.4 Å². The van der Waals surface area contributed by atoms with Crippen LogP contribution in [0.5, 0.6) is 0 Å². The summed E-state index contributed by atoms with van der Waals surface area (Å²) >= 11 is 1.69. The Bertz CT molecular complexity index is 582. The Morgan fingerprint density at radius 3 is 2.78 bits per heavy atom. The molecule has 0 radical (unpaired) electrons. The molecule has 2 amide bonds. The highest BCUT2D eigenvalue weighted by Gasteiger charge is 2.26. The van der Waals surface area contributed by atoms with Gasteiger partial charge in [-0.05, 0) is 43.7 Å². The van der Waals surface area contributed by atoms with Gasteiger partial charge in [-0.3, -0.25) is 9.59 Å². The molecule has 1 fully saturated rings. The van der Waals surface area contributed by atoms with Crippen LogP contribution < -0.4 is 10.2 Å². The van der Waals surface area contributed by atoms with Crippen molar-refractivity contribution in [2.45, 2.75) is 50.0 Å². The summed E-state index contributed by atoms with van der Waals surface area (Å²) in [5, 5.41) is 3.12. The van der Waals surface area contributed by atoms with Gasteiger partial charge in [0.2, 0.25) is 11.8 Å². The molecule has 0 aromatic heterocycles. The number of rotatable bonds is 3. The fourth-order valence-corrected chi connectivity index (χ4v) is 4.31. The van der Waals surface area contributed by atoms with Crippen molar-refractivity contribution in [3.8, 4) is 0 Å². The van der Waals surface area contributed by atoms with E-state index < -0.39 is 0 Å². The number of hydrogen-bond acceptors (Lipinski definition) is 3. The quantitative estimate of drug-likeness (QED) is 0.925. The van der Waals surface area contributed by atoms with E-state index in [1.54, 1.807) is 16.7 Å². The second-order valence-corrected chi connectivity index (χ2v) is 7.71. The van der Waals surface area contributed by atoms with E-state index in [1.807, 2.05) is 24.3 Å². The molecule has 0 atom stereocenters. The van der Waals surface area contributed by atoms with Crippen LogP contribution in [0, 0.1) is 5.92 Å². The Hall–Kier alpha value is -1.49. The molecule has 1 heterocycles. The predicted molar refractivity (Wildman–Crippen MR) is 93.7 cm³/mol. The third-order valence-electron chi connectivity index (χ3n) is 4.71. The van der Waals surface area contributed by atoms with Crippen molar-refractivity contribution in [1.29, 1.82) is 0 Å². The summed E-state index contributed by atoms with van der Waals surface area (Å²) in [6.45, 7) is 2.39. The van der Waals surface area contributed by atoms with Gasteiger partial charge in [0.1, 0.15) is 6.54 Å². The van der Waals surface area contributed by atoms with Crippen molar-refractivity contribution in [2.24, 2.45) is 5.92 Å². The second-order valence-electron chi connectivity index (χ2n) is 6.57. The second kappa shape index (κ2) is 7.39. The molecule has 1 saturated carbocycles. The molecule has 1 aromatic carbocycles. The van der Waals surface area contributed by atoms with Gasteiger partial charge in [0, 0.05) is 23.1 Å². The first-order chi connectivity index (χ1) is 11.1. The molecule has 4 nitrogen and oxygen atoms in total. The van der Waals surface area contributed by atoms with Gasteiger partial charge in [-0.15, -0.1) is 11.8 Å². The number of carbonyl (C=O) groups excluding carboxylic acids is 2. The van der Waals surface area contributed by atoms with Crippen molar-refractivity contribution in [1.82, 2.24) is 5.32 Å². The number of benzene rings is 1. The summed E-state index contributed by atoms with van der Waals surface area (Å²) in [7, 11) is 0. The van der Waals surface area contributed by atoms with Gasteiger partial charge in [0.05, 0.1) is 5.69 Å². The first-order valence-electron chi connectivity index (χ1n) is 8.45. The number of amides is 2. The minimum absolute atomic E-state index is 0.0369. The highest BCUT2D eigenvalue weighted by Crippen LogP contribution is 2.33. The Kier molecular flexibility index (Phi) is 5.26. The lowest BCUT2D eigenvalue weighted by Crippen LogP contribution is -2.45. The van der Waals surface area contributed by atoms with Crippen LogP contribution in [0.2, 0.25) is 0 Å². The van der Waals surface area contributed by atoms with E-state index in [1.165, 1.54) is 12.8 Å². The van der Waals surface area contributed by atoms with Gasteiger partial charge in [-0.25, -0.2) is 0 Å². The minimum atomic E-state index is -0.0420. The number of para-hydroxylation sites is 1. The number of thioether (sulfide) groups is 1.